The molecule has 0 radical (unpaired) electrons. The van der Waals surface area contributed by atoms with E-state index in [4.69, 9.17) is 5.84 Å². The minimum Gasteiger partial charge on any atom is -0.348 e. The van der Waals surface area contributed by atoms with Crippen LogP contribution in [0.3, 0.4) is 0 Å². The summed E-state index contributed by atoms with van der Waals surface area (Å²) in [5.41, 5.74) is 3.40. The normalized spacial score (nSPS) is 10.4. The molecule has 0 fully saturated rings. The molecule has 0 aliphatic carbocycles. The van der Waals surface area contributed by atoms with Gasteiger partial charge in [-0.1, -0.05) is 0 Å². The van der Waals surface area contributed by atoms with E-state index in [0.29, 0.717) is 6.54 Å². The van der Waals surface area contributed by atoms with E-state index >= 15 is 0 Å². The summed E-state index contributed by atoms with van der Waals surface area (Å²) in [5.74, 6) is 2.62. The molecule has 1 heterocycles. The first-order valence-electron chi connectivity index (χ1n) is 5.78. The van der Waals surface area contributed by atoms with Crippen molar-refractivity contribution in [3.63, 3.8) is 0 Å². The van der Waals surface area contributed by atoms with Crippen LogP contribution in [0.4, 0.5) is 14.5 Å². The van der Waals surface area contributed by atoms with Gasteiger partial charge in [-0.2, -0.15) is 11.3 Å². The van der Waals surface area contributed by atoms with E-state index in [9.17, 15) is 13.6 Å². The summed E-state index contributed by atoms with van der Waals surface area (Å²) in [4.78, 5) is 11.9. The molecule has 2 rings (SSSR count). The van der Waals surface area contributed by atoms with E-state index in [2.05, 4.69) is 5.32 Å². The van der Waals surface area contributed by atoms with E-state index in [1.165, 1.54) is 11.3 Å². The monoisotopic (exact) mass is 297 g/mol. The number of hydrogen-bond donors (Lipinski definition) is 3. The van der Waals surface area contributed by atoms with E-state index in [0.717, 1.165) is 23.3 Å². The molecule has 4 N–H and O–H groups in total. The molecule has 0 saturated carbocycles. The van der Waals surface area contributed by atoms with Crippen molar-refractivity contribution in [3.05, 3.63) is 51.2 Å². The average molecular weight is 297 g/mol. The molecule has 0 bridgehead atoms. The fourth-order valence-electron chi connectivity index (χ4n) is 1.69. The Morgan fingerprint density at radius 1 is 1.30 bits per heavy atom. The molecular weight excluding hydrogens is 284 g/mol. The van der Waals surface area contributed by atoms with Gasteiger partial charge in [0.05, 0.1) is 0 Å². The second-order valence-electron chi connectivity index (χ2n) is 4.22. The Labute approximate surface area is 118 Å². The van der Waals surface area contributed by atoms with Crippen LogP contribution < -0.4 is 16.6 Å². The largest absolute Gasteiger partial charge is 0.348 e. The molecular formula is C13H13F2N3OS. The highest BCUT2D eigenvalue weighted by molar-refractivity contribution is 7.08. The van der Waals surface area contributed by atoms with Gasteiger partial charge in [-0.25, -0.2) is 8.78 Å². The van der Waals surface area contributed by atoms with Crippen molar-refractivity contribution in [2.24, 2.45) is 5.84 Å². The van der Waals surface area contributed by atoms with Crippen LogP contribution in [-0.2, 0) is 6.54 Å². The van der Waals surface area contributed by atoms with Crippen LogP contribution in [0.1, 0.15) is 21.5 Å². The van der Waals surface area contributed by atoms with Gasteiger partial charge in [0.25, 0.3) is 5.91 Å². The smallest absolute Gasteiger partial charge is 0.251 e. The second kappa shape index (κ2) is 5.98. The fraction of sp³-hybridized carbons (Fsp3) is 0.154. The van der Waals surface area contributed by atoms with Crippen molar-refractivity contribution in [1.82, 2.24) is 5.32 Å². The Hall–Kier alpha value is -1.99. The van der Waals surface area contributed by atoms with Gasteiger partial charge in [-0.05, 0) is 40.9 Å². The lowest BCUT2D eigenvalue weighted by molar-refractivity contribution is 0.0950. The lowest BCUT2D eigenvalue weighted by Gasteiger charge is -2.08. The van der Waals surface area contributed by atoms with Gasteiger partial charge in [0, 0.05) is 12.1 Å². The SMILES string of the molecule is Cc1cscc1CNC(=O)c1cc(F)c(NN)c(F)c1. The number of anilines is 1. The number of carbonyl (C=O) groups excluding carboxylic acids is 1. The number of nitrogens with one attached hydrogen (secondary N) is 2. The first kappa shape index (κ1) is 14.4. The predicted octanol–water partition coefficient (Wildman–Crippen LogP) is 2.55. The molecule has 0 unspecified atom stereocenters. The van der Waals surface area contributed by atoms with E-state index < -0.39 is 23.2 Å². The molecule has 4 nitrogen and oxygen atoms in total. The van der Waals surface area contributed by atoms with Crippen LogP contribution in [0.2, 0.25) is 0 Å². The fourth-order valence-corrected chi connectivity index (χ4v) is 2.54. The van der Waals surface area contributed by atoms with Crippen molar-refractivity contribution >= 4 is 22.9 Å². The van der Waals surface area contributed by atoms with E-state index in [1.54, 1.807) is 0 Å². The number of aryl methyl sites for hydroxylation is 1. The summed E-state index contributed by atoms with van der Waals surface area (Å²) in [6, 6.07) is 1.88. The molecule has 0 aliphatic heterocycles. The van der Waals surface area contributed by atoms with Crippen LogP contribution in [0, 0.1) is 18.6 Å². The van der Waals surface area contributed by atoms with Crippen LogP contribution in [0.25, 0.3) is 0 Å². The number of nitrogens with two attached hydrogens (primary N) is 1. The Balaban J connectivity index is 2.12. The summed E-state index contributed by atoms with van der Waals surface area (Å²) in [6.45, 7) is 2.24. The van der Waals surface area contributed by atoms with Crippen LogP contribution >= 0.6 is 11.3 Å². The Bertz CT molecular complexity index is 619. The Morgan fingerprint density at radius 2 is 1.95 bits per heavy atom. The van der Waals surface area contributed by atoms with Crippen molar-refractivity contribution in [2.45, 2.75) is 13.5 Å². The van der Waals surface area contributed by atoms with Crippen molar-refractivity contribution in [3.8, 4) is 0 Å². The van der Waals surface area contributed by atoms with Gasteiger partial charge in [0.1, 0.15) is 5.69 Å². The number of thiophene rings is 1. The van der Waals surface area contributed by atoms with Crippen molar-refractivity contribution < 1.29 is 13.6 Å². The van der Waals surface area contributed by atoms with Crippen molar-refractivity contribution in [1.29, 1.82) is 0 Å². The molecule has 1 aromatic carbocycles. The topological polar surface area (TPSA) is 67.2 Å². The van der Waals surface area contributed by atoms with Crippen LogP contribution in [-0.4, -0.2) is 5.91 Å². The number of nitrogen functional groups attached to an aromatic ring is 1. The number of halogens is 2. The number of amides is 1. The molecule has 0 atom stereocenters. The highest BCUT2D eigenvalue weighted by Gasteiger charge is 2.14. The Morgan fingerprint density at radius 3 is 2.45 bits per heavy atom. The summed E-state index contributed by atoms with van der Waals surface area (Å²) < 4.78 is 27.0. The molecule has 0 spiro atoms. The van der Waals surface area contributed by atoms with Gasteiger partial charge in [0.2, 0.25) is 0 Å². The summed E-state index contributed by atoms with van der Waals surface area (Å²) in [7, 11) is 0. The third-order valence-electron chi connectivity index (χ3n) is 2.85. The van der Waals surface area contributed by atoms with Crippen LogP contribution in [0.5, 0.6) is 0 Å². The minimum atomic E-state index is -0.913. The molecule has 0 aliphatic rings. The molecule has 7 heteroatoms. The molecule has 0 saturated heterocycles. The van der Waals surface area contributed by atoms with Gasteiger partial charge in [-0.15, -0.1) is 0 Å². The lowest BCUT2D eigenvalue weighted by Crippen LogP contribution is -2.23. The number of benzene rings is 1. The first-order valence-corrected chi connectivity index (χ1v) is 6.72. The average Bonchev–Trinajstić information content (AvgIpc) is 2.81. The predicted molar refractivity (Wildman–Crippen MR) is 74.4 cm³/mol. The number of carbonyl (C=O) groups is 1. The van der Waals surface area contributed by atoms with Gasteiger partial charge < -0.3 is 10.7 Å². The summed E-state index contributed by atoms with van der Waals surface area (Å²) in [5, 5.41) is 6.49. The third kappa shape index (κ3) is 2.94. The van der Waals surface area contributed by atoms with E-state index in [1.807, 2.05) is 23.1 Å². The summed E-state index contributed by atoms with van der Waals surface area (Å²) >= 11 is 1.53. The second-order valence-corrected chi connectivity index (χ2v) is 4.97. The van der Waals surface area contributed by atoms with Crippen LogP contribution in [0.15, 0.2) is 22.9 Å². The zero-order valence-corrected chi connectivity index (χ0v) is 11.5. The van der Waals surface area contributed by atoms with Gasteiger partial charge in [0.15, 0.2) is 11.6 Å². The Kier molecular flexibility index (Phi) is 4.31. The maximum absolute atomic E-state index is 13.5. The number of hydrazine groups is 1. The molecule has 1 aromatic heterocycles. The molecule has 106 valence electrons. The molecule has 20 heavy (non-hydrogen) atoms. The quantitative estimate of drug-likeness (QED) is 0.600. The summed E-state index contributed by atoms with van der Waals surface area (Å²) in [6.07, 6.45) is 0. The highest BCUT2D eigenvalue weighted by atomic mass is 32.1. The zero-order valence-electron chi connectivity index (χ0n) is 10.7. The molecule has 1 amide bonds. The van der Waals surface area contributed by atoms with Gasteiger partial charge in [-0.3, -0.25) is 10.6 Å². The zero-order chi connectivity index (χ0) is 14.7. The number of hydrogen-bond acceptors (Lipinski definition) is 4. The first-order chi connectivity index (χ1) is 9.52. The molecule has 2 aromatic rings. The lowest BCUT2D eigenvalue weighted by atomic mass is 10.1. The minimum absolute atomic E-state index is 0.0908. The maximum Gasteiger partial charge on any atom is 0.251 e. The van der Waals surface area contributed by atoms with E-state index in [-0.39, 0.29) is 5.56 Å². The van der Waals surface area contributed by atoms with Gasteiger partial charge >= 0.3 is 0 Å². The number of rotatable bonds is 4. The maximum atomic E-state index is 13.5. The highest BCUT2D eigenvalue weighted by Crippen LogP contribution is 2.20. The standard InChI is InChI=1S/C13H13F2N3OS/c1-7-5-20-6-9(7)4-17-13(19)8-2-10(14)12(18-16)11(15)3-8/h2-3,5-6,18H,4,16H2,1H3,(H,17,19). The third-order valence-corrected chi connectivity index (χ3v) is 3.76. The van der Waals surface area contributed by atoms with Crippen molar-refractivity contribution in [2.75, 3.05) is 5.43 Å².